The number of allylic oxidation sites excluding steroid dienone is 1. The monoisotopic (exact) mass is 460 g/mol. The van der Waals surface area contributed by atoms with Gasteiger partial charge in [0.15, 0.2) is 5.78 Å². The highest BCUT2D eigenvalue weighted by Crippen LogP contribution is 2.46. The zero-order chi connectivity index (χ0) is 22.9. The Hall–Kier alpha value is -3.44. The van der Waals surface area contributed by atoms with E-state index in [1.165, 1.54) is 0 Å². The summed E-state index contributed by atoms with van der Waals surface area (Å²) in [5, 5.41) is 7.86. The topological polar surface area (TPSA) is 59.6 Å². The van der Waals surface area contributed by atoms with Crippen molar-refractivity contribution in [3.8, 4) is 11.5 Å². The first-order valence-corrected chi connectivity index (χ1v) is 11.3. The number of benzene rings is 3. The first kappa shape index (κ1) is 21.4. The van der Waals surface area contributed by atoms with E-state index in [0.29, 0.717) is 22.9 Å². The zero-order valence-electron chi connectivity index (χ0n) is 18.5. The van der Waals surface area contributed by atoms with E-state index in [2.05, 4.69) is 10.6 Å². The van der Waals surface area contributed by atoms with Gasteiger partial charge >= 0.3 is 0 Å². The average molecular weight is 461 g/mol. The van der Waals surface area contributed by atoms with E-state index in [0.717, 1.165) is 40.2 Å². The van der Waals surface area contributed by atoms with Crippen molar-refractivity contribution in [1.29, 1.82) is 0 Å². The van der Waals surface area contributed by atoms with E-state index in [9.17, 15) is 4.79 Å². The zero-order valence-corrected chi connectivity index (χ0v) is 19.3. The van der Waals surface area contributed by atoms with E-state index < -0.39 is 0 Å². The van der Waals surface area contributed by atoms with Crippen LogP contribution in [0.2, 0.25) is 5.02 Å². The van der Waals surface area contributed by atoms with Gasteiger partial charge in [-0.15, -0.1) is 0 Å². The van der Waals surface area contributed by atoms with Gasteiger partial charge in [0.2, 0.25) is 0 Å². The largest absolute Gasteiger partial charge is 0.497 e. The fraction of sp³-hybridized carbons (Fsp3) is 0.222. The molecule has 0 fully saturated rings. The second-order valence-electron chi connectivity index (χ2n) is 8.33. The summed E-state index contributed by atoms with van der Waals surface area (Å²) in [5.41, 5.74) is 5.52. The second-order valence-corrected chi connectivity index (χ2v) is 8.76. The SMILES string of the molecule is COc1ccc(OC)c(C2Nc3ccccc3NC3=C2C(=O)CC(c2ccc(Cl)cc2)C3)c1. The van der Waals surface area contributed by atoms with Crippen LogP contribution < -0.4 is 20.1 Å². The molecule has 2 aliphatic rings. The molecular weight excluding hydrogens is 436 g/mol. The minimum Gasteiger partial charge on any atom is -0.497 e. The number of carbonyl (C=O) groups excluding carboxylic acids is 1. The second kappa shape index (κ2) is 8.83. The van der Waals surface area contributed by atoms with E-state index >= 15 is 0 Å². The van der Waals surface area contributed by atoms with Crippen molar-refractivity contribution in [2.45, 2.75) is 24.8 Å². The van der Waals surface area contributed by atoms with E-state index in [1.807, 2.05) is 66.7 Å². The summed E-state index contributed by atoms with van der Waals surface area (Å²) in [4.78, 5) is 13.7. The normalized spacial score (nSPS) is 19.5. The lowest BCUT2D eigenvalue weighted by molar-refractivity contribution is -0.116. The fourth-order valence-electron chi connectivity index (χ4n) is 4.76. The number of Topliss-reactive ketones (excluding diaryl/α,β-unsaturated/α-hetero) is 1. The molecule has 2 atom stereocenters. The van der Waals surface area contributed by atoms with Crippen LogP contribution in [-0.4, -0.2) is 20.0 Å². The van der Waals surface area contributed by atoms with E-state index in [-0.39, 0.29) is 17.7 Å². The number of nitrogens with one attached hydrogen (secondary N) is 2. The molecule has 168 valence electrons. The van der Waals surface area contributed by atoms with Crippen molar-refractivity contribution in [2.24, 2.45) is 0 Å². The van der Waals surface area contributed by atoms with Gasteiger partial charge in [-0.2, -0.15) is 0 Å². The Balaban J connectivity index is 1.64. The standard InChI is InChI=1S/C27H25ClN2O3/c1-32-19-11-12-25(33-2)20(15-19)27-26-23(29-21-5-3-4-6-22(21)30-27)13-17(14-24(26)31)16-7-9-18(28)10-8-16/h3-12,15,17,27,29-30H,13-14H2,1-2H3. The van der Waals surface area contributed by atoms with Crippen molar-refractivity contribution >= 4 is 28.8 Å². The average Bonchev–Trinajstić information content (AvgIpc) is 3.01. The van der Waals surface area contributed by atoms with Crippen molar-refractivity contribution in [3.63, 3.8) is 0 Å². The number of para-hydroxylation sites is 2. The maximum absolute atomic E-state index is 13.7. The molecule has 0 radical (unpaired) electrons. The van der Waals surface area contributed by atoms with Crippen LogP contribution in [0.5, 0.6) is 11.5 Å². The Labute approximate surface area is 198 Å². The summed E-state index contributed by atoms with van der Waals surface area (Å²) in [6.45, 7) is 0. The van der Waals surface area contributed by atoms with Crippen LogP contribution in [0.1, 0.15) is 35.9 Å². The van der Waals surface area contributed by atoms with Gasteiger partial charge in [0, 0.05) is 28.3 Å². The number of halogens is 1. The lowest BCUT2D eigenvalue weighted by atomic mass is 9.78. The molecule has 0 saturated carbocycles. The Bertz CT molecular complexity index is 1240. The van der Waals surface area contributed by atoms with Crippen LogP contribution in [0.3, 0.4) is 0 Å². The number of anilines is 2. The first-order chi connectivity index (χ1) is 16.1. The third-order valence-electron chi connectivity index (χ3n) is 6.40. The van der Waals surface area contributed by atoms with Gasteiger partial charge in [-0.25, -0.2) is 0 Å². The summed E-state index contributed by atoms with van der Waals surface area (Å²) in [5.74, 6) is 1.60. The first-order valence-electron chi connectivity index (χ1n) is 10.9. The number of hydrogen-bond donors (Lipinski definition) is 2. The Morgan fingerprint density at radius 2 is 1.67 bits per heavy atom. The molecular formula is C27H25ClN2O3. The molecule has 1 heterocycles. The molecule has 2 unspecified atom stereocenters. The molecule has 3 aromatic rings. The third-order valence-corrected chi connectivity index (χ3v) is 6.65. The molecule has 0 spiro atoms. The van der Waals surface area contributed by atoms with Gasteiger partial charge in [0.25, 0.3) is 0 Å². The number of ketones is 1. The third kappa shape index (κ3) is 4.05. The van der Waals surface area contributed by atoms with Crippen LogP contribution >= 0.6 is 11.6 Å². The highest BCUT2D eigenvalue weighted by atomic mass is 35.5. The van der Waals surface area contributed by atoms with Gasteiger partial charge in [-0.05, 0) is 60.4 Å². The maximum Gasteiger partial charge on any atom is 0.163 e. The predicted molar refractivity (Wildman–Crippen MR) is 131 cm³/mol. The van der Waals surface area contributed by atoms with E-state index in [1.54, 1.807) is 14.2 Å². The predicted octanol–water partition coefficient (Wildman–Crippen LogP) is 6.34. The maximum atomic E-state index is 13.7. The van der Waals surface area contributed by atoms with Gasteiger partial charge in [-0.3, -0.25) is 4.79 Å². The van der Waals surface area contributed by atoms with Gasteiger partial charge in [0.1, 0.15) is 11.5 Å². The quantitative estimate of drug-likeness (QED) is 0.476. The molecule has 0 amide bonds. The van der Waals surface area contributed by atoms with Crippen LogP contribution in [0, 0.1) is 0 Å². The fourth-order valence-corrected chi connectivity index (χ4v) is 4.89. The van der Waals surface area contributed by atoms with Gasteiger partial charge in [0.05, 0.1) is 31.6 Å². The van der Waals surface area contributed by atoms with Crippen molar-refractivity contribution in [3.05, 3.63) is 94.1 Å². The van der Waals surface area contributed by atoms with Crippen LogP contribution in [0.15, 0.2) is 78.0 Å². The Morgan fingerprint density at radius 1 is 0.909 bits per heavy atom. The van der Waals surface area contributed by atoms with E-state index in [4.69, 9.17) is 21.1 Å². The van der Waals surface area contributed by atoms with Gasteiger partial charge in [-0.1, -0.05) is 35.9 Å². The molecule has 2 N–H and O–H groups in total. The number of fused-ring (bicyclic) bond motifs is 1. The smallest absolute Gasteiger partial charge is 0.163 e. The molecule has 1 aliphatic carbocycles. The number of rotatable bonds is 4. The number of methoxy groups -OCH3 is 2. The Kier molecular flexibility index (Phi) is 5.73. The minimum absolute atomic E-state index is 0.0825. The summed E-state index contributed by atoms with van der Waals surface area (Å²) < 4.78 is 11.2. The van der Waals surface area contributed by atoms with Crippen LogP contribution in [0.4, 0.5) is 11.4 Å². The van der Waals surface area contributed by atoms with Crippen LogP contribution in [-0.2, 0) is 4.79 Å². The molecule has 0 aromatic heterocycles. The minimum atomic E-state index is -0.375. The molecule has 3 aromatic carbocycles. The number of carbonyl (C=O) groups is 1. The molecule has 33 heavy (non-hydrogen) atoms. The number of ether oxygens (including phenoxy) is 2. The summed E-state index contributed by atoms with van der Waals surface area (Å²) in [7, 11) is 3.28. The Morgan fingerprint density at radius 3 is 2.39 bits per heavy atom. The molecule has 0 bridgehead atoms. The van der Waals surface area contributed by atoms with Crippen molar-refractivity contribution in [1.82, 2.24) is 0 Å². The molecule has 5 nitrogen and oxygen atoms in total. The summed E-state index contributed by atoms with van der Waals surface area (Å²) in [6, 6.07) is 21.1. The molecule has 1 aliphatic heterocycles. The number of hydrogen-bond acceptors (Lipinski definition) is 5. The lowest BCUT2D eigenvalue weighted by Crippen LogP contribution is -2.27. The lowest BCUT2D eigenvalue weighted by Gasteiger charge is -2.30. The van der Waals surface area contributed by atoms with Crippen molar-refractivity contribution in [2.75, 3.05) is 24.9 Å². The highest BCUT2D eigenvalue weighted by molar-refractivity contribution is 6.30. The molecule has 6 heteroatoms. The summed E-state index contributed by atoms with van der Waals surface area (Å²) in [6.07, 6.45) is 1.16. The highest BCUT2D eigenvalue weighted by Gasteiger charge is 2.37. The van der Waals surface area contributed by atoms with Crippen molar-refractivity contribution < 1.29 is 14.3 Å². The van der Waals surface area contributed by atoms with Gasteiger partial charge < -0.3 is 20.1 Å². The summed E-state index contributed by atoms with van der Waals surface area (Å²) >= 11 is 6.09. The molecule has 0 saturated heterocycles. The van der Waals surface area contributed by atoms with Crippen LogP contribution in [0.25, 0.3) is 0 Å². The molecule has 5 rings (SSSR count).